The van der Waals surface area contributed by atoms with Crippen molar-refractivity contribution in [2.24, 2.45) is 0 Å². The maximum absolute atomic E-state index is 11.4. The van der Waals surface area contributed by atoms with Gasteiger partial charge in [-0.15, -0.1) is 0 Å². The van der Waals surface area contributed by atoms with Crippen LogP contribution in [0.5, 0.6) is 0 Å². The normalized spacial score (nSPS) is 10.2. The largest absolute Gasteiger partial charge is 0.459 e. The highest BCUT2D eigenvalue weighted by Crippen LogP contribution is 2.07. The molecule has 0 radical (unpaired) electrons. The molecule has 0 fully saturated rings. The predicted octanol–water partition coefficient (Wildman–Crippen LogP) is 1.96. The first-order chi connectivity index (χ1) is 6.11. The molecule has 1 aromatic rings. The van der Waals surface area contributed by atoms with Gasteiger partial charge in [0.1, 0.15) is 0 Å². The van der Waals surface area contributed by atoms with E-state index >= 15 is 0 Å². The lowest BCUT2D eigenvalue weighted by Gasteiger charge is -2.08. The Bertz CT molecular complexity index is 308. The topological polar surface area (TPSA) is 39.2 Å². The van der Waals surface area contributed by atoms with E-state index in [-0.39, 0.29) is 12.1 Å². The van der Waals surface area contributed by atoms with Crippen LogP contribution in [0, 0.1) is 6.92 Å². The number of ether oxygens (including phenoxy) is 1. The summed E-state index contributed by atoms with van der Waals surface area (Å²) in [5.41, 5.74) is 1.43. The van der Waals surface area contributed by atoms with Crippen LogP contribution < -0.4 is 0 Å². The van der Waals surface area contributed by atoms with Gasteiger partial charge in [-0.1, -0.05) is 0 Å². The van der Waals surface area contributed by atoms with Crippen molar-refractivity contribution in [3.05, 3.63) is 29.6 Å². The summed E-state index contributed by atoms with van der Waals surface area (Å²) in [4.78, 5) is 15.3. The van der Waals surface area contributed by atoms with Gasteiger partial charge in [-0.05, 0) is 32.4 Å². The molecular formula is C10H13NO2. The van der Waals surface area contributed by atoms with Crippen LogP contribution in [0.1, 0.15) is 29.8 Å². The molecule has 3 heteroatoms. The van der Waals surface area contributed by atoms with Crippen molar-refractivity contribution in [1.82, 2.24) is 4.98 Å². The summed E-state index contributed by atoms with van der Waals surface area (Å²) in [5.74, 6) is -0.305. The van der Waals surface area contributed by atoms with Crippen molar-refractivity contribution in [3.63, 3.8) is 0 Å². The van der Waals surface area contributed by atoms with E-state index in [1.807, 2.05) is 20.8 Å². The second kappa shape index (κ2) is 4.03. The van der Waals surface area contributed by atoms with Gasteiger partial charge in [0.25, 0.3) is 0 Å². The van der Waals surface area contributed by atoms with E-state index < -0.39 is 0 Å². The molecule has 0 amide bonds. The number of carbonyl (C=O) groups excluding carboxylic acids is 1. The molecule has 1 heterocycles. The standard InChI is InChI=1S/C10H13NO2/c1-7(2)13-10(12)9-6-11-5-4-8(9)3/h4-7H,1-3H3. The fraction of sp³-hybridized carbons (Fsp3) is 0.400. The molecule has 70 valence electrons. The quantitative estimate of drug-likeness (QED) is 0.651. The van der Waals surface area contributed by atoms with Crippen molar-refractivity contribution in [1.29, 1.82) is 0 Å². The van der Waals surface area contributed by atoms with Crippen LogP contribution in [0.15, 0.2) is 18.5 Å². The molecule has 13 heavy (non-hydrogen) atoms. The van der Waals surface area contributed by atoms with Gasteiger partial charge >= 0.3 is 5.97 Å². The average molecular weight is 179 g/mol. The van der Waals surface area contributed by atoms with Crippen LogP contribution >= 0.6 is 0 Å². The lowest BCUT2D eigenvalue weighted by atomic mass is 10.2. The van der Waals surface area contributed by atoms with Crippen LogP contribution in [0.25, 0.3) is 0 Å². The van der Waals surface area contributed by atoms with E-state index in [2.05, 4.69) is 4.98 Å². The molecule has 0 saturated carbocycles. The Hall–Kier alpha value is -1.38. The van der Waals surface area contributed by atoms with Crippen molar-refractivity contribution in [2.75, 3.05) is 0 Å². The zero-order valence-corrected chi connectivity index (χ0v) is 8.07. The van der Waals surface area contributed by atoms with Gasteiger partial charge in [0.15, 0.2) is 0 Å². The molecule has 3 nitrogen and oxygen atoms in total. The van der Waals surface area contributed by atoms with Crippen molar-refractivity contribution < 1.29 is 9.53 Å². The van der Waals surface area contributed by atoms with Gasteiger partial charge in [0.05, 0.1) is 11.7 Å². The molecule has 1 rings (SSSR count). The number of aromatic nitrogens is 1. The Morgan fingerprint density at radius 3 is 2.77 bits per heavy atom. The minimum absolute atomic E-state index is 0.0906. The lowest BCUT2D eigenvalue weighted by Crippen LogP contribution is -2.12. The Kier molecular flexibility index (Phi) is 3.01. The third-order valence-corrected chi connectivity index (χ3v) is 1.60. The number of pyridine rings is 1. The van der Waals surface area contributed by atoms with Crippen molar-refractivity contribution in [2.45, 2.75) is 26.9 Å². The number of aryl methyl sites for hydroxylation is 1. The monoisotopic (exact) mass is 179 g/mol. The maximum Gasteiger partial charge on any atom is 0.340 e. The Labute approximate surface area is 77.8 Å². The number of hydrogen-bond acceptors (Lipinski definition) is 3. The molecule has 1 aromatic heterocycles. The first-order valence-corrected chi connectivity index (χ1v) is 4.23. The van der Waals surface area contributed by atoms with Crippen LogP contribution in [0.3, 0.4) is 0 Å². The fourth-order valence-corrected chi connectivity index (χ4v) is 0.955. The van der Waals surface area contributed by atoms with Crippen molar-refractivity contribution >= 4 is 5.97 Å². The molecule has 0 unspecified atom stereocenters. The molecule has 0 bridgehead atoms. The highest BCUT2D eigenvalue weighted by Gasteiger charge is 2.11. The van der Waals surface area contributed by atoms with Gasteiger partial charge < -0.3 is 4.74 Å². The fourth-order valence-electron chi connectivity index (χ4n) is 0.955. The molecule has 0 aliphatic carbocycles. The summed E-state index contributed by atoms with van der Waals surface area (Å²) in [5, 5.41) is 0. The summed E-state index contributed by atoms with van der Waals surface area (Å²) >= 11 is 0. The summed E-state index contributed by atoms with van der Waals surface area (Å²) in [6.07, 6.45) is 3.09. The number of esters is 1. The van der Waals surface area contributed by atoms with E-state index in [1.54, 1.807) is 12.3 Å². The zero-order valence-electron chi connectivity index (χ0n) is 8.07. The number of rotatable bonds is 2. The SMILES string of the molecule is Cc1ccncc1C(=O)OC(C)C. The van der Waals surface area contributed by atoms with E-state index in [9.17, 15) is 4.79 Å². The first-order valence-electron chi connectivity index (χ1n) is 4.23. The Balaban J connectivity index is 2.83. The lowest BCUT2D eigenvalue weighted by molar-refractivity contribution is 0.0376. The smallest absolute Gasteiger partial charge is 0.340 e. The van der Waals surface area contributed by atoms with Gasteiger partial charge in [-0.25, -0.2) is 4.79 Å². The van der Waals surface area contributed by atoms with E-state index in [0.29, 0.717) is 5.56 Å². The summed E-state index contributed by atoms with van der Waals surface area (Å²) in [7, 11) is 0. The molecule has 0 spiro atoms. The molecule has 0 aliphatic heterocycles. The molecule has 0 saturated heterocycles. The van der Waals surface area contributed by atoms with Crippen LogP contribution in [0.2, 0.25) is 0 Å². The van der Waals surface area contributed by atoms with E-state index in [0.717, 1.165) is 5.56 Å². The Morgan fingerprint density at radius 1 is 1.54 bits per heavy atom. The zero-order chi connectivity index (χ0) is 9.84. The summed E-state index contributed by atoms with van der Waals surface area (Å²) in [6.45, 7) is 5.51. The predicted molar refractivity (Wildman–Crippen MR) is 49.5 cm³/mol. The van der Waals surface area contributed by atoms with E-state index in [4.69, 9.17) is 4.74 Å². The van der Waals surface area contributed by atoms with Gasteiger partial charge in [-0.3, -0.25) is 4.98 Å². The van der Waals surface area contributed by atoms with Crippen LogP contribution in [-0.4, -0.2) is 17.1 Å². The molecule has 0 aliphatic rings. The first kappa shape index (κ1) is 9.71. The minimum Gasteiger partial charge on any atom is -0.459 e. The minimum atomic E-state index is -0.305. The third-order valence-electron chi connectivity index (χ3n) is 1.60. The number of carbonyl (C=O) groups is 1. The average Bonchev–Trinajstić information content (AvgIpc) is 2.03. The summed E-state index contributed by atoms with van der Waals surface area (Å²) in [6, 6.07) is 1.79. The highest BCUT2D eigenvalue weighted by molar-refractivity contribution is 5.90. The highest BCUT2D eigenvalue weighted by atomic mass is 16.5. The molecule has 0 N–H and O–H groups in total. The second-order valence-electron chi connectivity index (χ2n) is 3.14. The molecule has 0 aromatic carbocycles. The summed E-state index contributed by atoms with van der Waals surface area (Å²) < 4.78 is 5.04. The van der Waals surface area contributed by atoms with Gasteiger partial charge in [0.2, 0.25) is 0 Å². The number of hydrogen-bond donors (Lipinski definition) is 0. The number of nitrogens with zero attached hydrogens (tertiary/aromatic N) is 1. The van der Waals surface area contributed by atoms with E-state index in [1.165, 1.54) is 6.20 Å². The van der Waals surface area contributed by atoms with Gasteiger partial charge in [-0.2, -0.15) is 0 Å². The third kappa shape index (κ3) is 2.54. The molecule has 0 atom stereocenters. The Morgan fingerprint density at radius 2 is 2.23 bits per heavy atom. The maximum atomic E-state index is 11.4. The molecular weight excluding hydrogens is 166 g/mol. The van der Waals surface area contributed by atoms with Crippen LogP contribution in [-0.2, 0) is 4.74 Å². The van der Waals surface area contributed by atoms with Gasteiger partial charge in [0, 0.05) is 12.4 Å². The van der Waals surface area contributed by atoms with Crippen molar-refractivity contribution in [3.8, 4) is 0 Å². The van der Waals surface area contributed by atoms with Crippen LogP contribution in [0.4, 0.5) is 0 Å². The second-order valence-corrected chi connectivity index (χ2v) is 3.14.